The van der Waals surface area contributed by atoms with Crippen LogP contribution in [0.1, 0.15) is 46.8 Å². The molecule has 2 aromatic rings. The van der Waals surface area contributed by atoms with E-state index in [9.17, 15) is 4.79 Å². The molecule has 3 heterocycles. The van der Waals surface area contributed by atoms with Gasteiger partial charge in [-0.25, -0.2) is 9.97 Å². The lowest BCUT2D eigenvalue weighted by atomic mass is 10.1. The summed E-state index contributed by atoms with van der Waals surface area (Å²) in [5, 5.41) is 3.16. The van der Waals surface area contributed by atoms with Crippen molar-refractivity contribution in [3.8, 4) is 5.75 Å². The number of para-hydroxylation sites is 1. The van der Waals surface area contributed by atoms with Crippen molar-refractivity contribution >= 4 is 11.9 Å². The molecule has 6 heteroatoms. The van der Waals surface area contributed by atoms with E-state index >= 15 is 0 Å². The Balaban J connectivity index is 1.26. The molecule has 26 heavy (non-hydrogen) atoms. The highest BCUT2D eigenvalue weighted by molar-refractivity contribution is 5.97. The predicted octanol–water partition coefficient (Wildman–Crippen LogP) is 2.30. The van der Waals surface area contributed by atoms with Crippen molar-refractivity contribution in [3.63, 3.8) is 0 Å². The maximum absolute atomic E-state index is 12.7. The van der Waals surface area contributed by atoms with E-state index in [1.54, 1.807) is 0 Å². The fourth-order valence-corrected chi connectivity index (χ4v) is 3.84. The van der Waals surface area contributed by atoms with Gasteiger partial charge in [-0.3, -0.25) is 4.79 Å². The fraction of sp³-hybridized carbons (Fsp3) is 0.450. The van der Waals surface area contributed by atoms with Crippen molar-refractivity contribution in [1.29, 1.82) is 0 Å². The summed E-state index contributed by atoms with van der Waals surface area (Å²) in [4.78, 5) is 24.0. The number of carbonyl (C=O) groups is 1. The molecule has 1 atom stereocenters. The third-order valence-corrected chi connectivity index (χ3v) is 5.43. The molecule has 3 aliphatic rings. The van der Waals surface area contributed by atoms with Crippen LogP contribution in [0.15, 0.2) is 30.5 Å². The van der Waals surface area contributed by atoms with Crippen LogP contribution in [0.2, 0.25) is 0 Å². The van der Waals surface area contributed by atoms with Gasteiger partial charge in [-0.15, -0.1) is 0 Å². The first-order chi connectivity index (χ1) is 12.8. The van der Waals surface area contributed by atoms with Crippen molar-refractivity contribution in [3.05, 3.63) is 47.3 Å². The van der Waals surface area contributed by atoms with Gasteiger partial charge in [-0.1, -0.05) is 12.1 Å². The van der Waals surface area contributed by atoms with Crippen molar-refractivity contribution in [1.82, 2.24) is 15.3 Å². The van der Waals surface area contributed by atoms with Gasteiger partial charge in [0.25, 0.3) is 5.91 Å². The Hall–Kier alpha value is -2.63. The smallest absolute Gasteiger partial charge is 0.255 e. The zero-order chi connectivity index (χ0) is 17.5. The highest BCUT2D eigenvalue weighted by atomic mass is 16.5. The van der Waals surface area contributed by atoms with E-state index in [0.717, 1.165) is 48.9 Å². The molecular formula is C20H22N4O2. The second kappa shape index (κ2) is 6.27. The molecule has 1 aromatic heterocycles. The lowest BCUT2D eigenvalue weighted by Crippen LogP contribution is -2.37. The van der Waals surface area contributed by atoms with Crippen LogP contribution < -0.4 is 15.0 Å². The summed E-state index contributed by atoms with van der Waals surface area (Å²) < 4.78 is 5.66. The van der Waals surface area contributed by atoms with E-state index < -0.39 is 0 Å². The van der Waals surface area contributed by atoms with E-state index in [0.29, 0.717) is 18.1 Å². The van der Waals surface area contributed by atoms with Crippen LogP contribution in [0.4, 0.5) is 5.95 Å². The number of aromatic nitrogens is 2. The summed E-state index contributed by atoms with van der Waals surface area (Å²) in [6.45, 7) is 2.27. The first-order valence-electron chi connectivity index (χ1n) is 9.41. The fourth-order valence-electron chi connectivity index (χ4n) is 3.84. The van der Waals surface area contributed by atoms with Crippen molar-refractivity contribution in [2.24, 2.45) is 0 Å². The molecule has 6 nitrogen and oxygen atoms in total. The van der Waals surface area contributed by atoms with E-state index in [-0.39, 0.29) is 11.9 Å². The normalized spacial score (nSPS) is 21.4. The quantitative estimate of drug-likeness (QED) is 0.916. The number of nitrogens with one attached hydrogen (secondary N) is 1. The van der Waals surface area contributed by atoms with Crippen LogP contribution in [0.5, 0.6) is 5.75 Å². The van der Waals surface area contributed by atoms with Gasteiger partial charge < -0.3 is 15.0 Å². The number of hydrogen-bond donors (Lipinski definition) is 1. The zero-order valence-corrected chi connectivity index (χ0v) is 14.6. The summed E-state index contributed by atoms with van der Waals surface area (Å²) >= 11 is 0. The van der Waals surface area contributed by atoms with Crippen LogP contribution in [-0.4, -0.2) is 41.6 Å². The SMILES string of the molecule is O=C(NC1CCN(c2nccc(C3CC3)n2)C1)c1cccc2c1OCC2. The molecule has 2 fully saturated rings. The minimum Gasteiger partial charge on any atom is -0.492 e. The Kier molecular flexibility index (Phi) is 3.76. The first kappa shape index (κ1) is 15.6. The minimum atomic E-state index is -0.0525. The van der Waals surface area contributed by atoms with E-state index in [1.165, 1.54) is 12.8 Å². The van der Waals surface area contributed by atoms with Gasteiger partial charge in [0.15, 0.2) is 0 Å². The van der Waals surface area contributed by atoms with Gasteiger partial charge in [0, 0.05) is 43.4 Å². The summed E-state index contributed by atoms with van der Waals surface area (Å²) in [7, 11) is 0. The Morgan fingerprint density at radius 3 is 3.04 bits per heavy atom. The molecule has 134 valence electrons. The summed E-state index contributed by atoms with van der Waals surface area (Å²) in [6.07, 6.45) is 6.10. The maximum atomic E-state index is 12.7. The van der Waals surface area contributed by atoms with Crippen molar-refractivity contribution in [2.75, 3.05) is 24.6 Å². The maximum Gasteiger partial charge on any atom is 0.255 e. The Labute approximate surface area is 152 Å². The zero-order valence-electron chi connectivity index (χ0n) is 14.6. The molecule has 1 saturated carbocycles. The standard InChI is InChI=1S/C20H22N4O2/c25-19(16-3-1-2-14-8-11-26-18(14)16)22-15-7-10-24(12-15)20-21-9-6-17(23-20)13-4-5-13/h1-3,6,9,13,15H,4-5,7-8,10-12H2,(H,22,25). The second-order valence-electron chi connectivity index (χ2n) is 7.35. The van der Waals surface area contributed by atoms with Gasteiger partial charge in [0.05, 0.1) is 12.2 Å². The van der Waals surface area contributed by atoms with Crippen molar-refractivity contribution in [2.45, 2.75) is 37.6 Å². The predicted molar refractivity (Wildman–Crippen MR) is 97.7 cm³/mol. The monoisotopic (exact) mass is 350 g/mol. The minimum absolute atomic E-state index is 0.0525. The molecule has 1 amide bonds. The third kappa shape index (κ3) is 2.89. The van der Waals surface area contributed by atoms with Crippen LogP contribution in [0.25, 0.3) is 0 Å². The summed E-state index contributed by atoms with van der Waals surface area (Å²) in [5.41, 5.74) is 2.92. The summed E-state index contributed by atoms with van der Waals surface area (Å²) in [5.74, 6) is 2.11. The summed E-state index contributed by atoms with van der Waals surface area (Å²) in [6, 6.07) is 7.93. The molecule has 5 rings (SSSR count). The molecule has 0 radical (unpaired) electrons. The number of fused-ring (bicyclic) bond motifs is 1. The average molecular weight is 350 g/mol. The number of ether oxygens (including phenoxy) is 1. The van der Waals surface area contributed by atoms with Crippen LogP contribution in [0.3, 0.4) is 0 Å². The van der Waals surface area contributed by atoms with Gasteiger partial charge in [0.1, 0.15) is 5.75 Å². The lowest BCUT2D eigenvalue weighted by Gasteiger charge is -2.18. The Morgan fingerprint density at radius 1 is 1.23 bits per heavy atom. The number of benzene rings is 1. The Bertz CT molecular complexity index is 849. The second-order valence-corrected chi connectivity index (χ2v) is 7.35. The topological polar surface area (TPSA) is 67.4 Å². The number of nitrogens with zero attached hydrogens (tertiary/aromatic N) is 3. The van der Waals surface area contributed by atoms with Gasteiger partial charge in [-0.2, -0.15) is 0 Å². The Morgan fingerprint density at radius 2 is 2.15 bits per heavy atom. The number of anilines is 1. The third-order valence-electron chi connectivity index (χ3n) is 5.43. The van der Waals surface area contributed by atoms with Gasteiger partial charge >= 0.3 is 0 Å². The van der Waals surface area contributed by atoms with E-state index in [4.69, 9.17) is 9.72 Å². The molecule has 1 N–H and O–H groups in total. The van der Waals surface area contributed by atoms with E-state index in [1.807, 2.05) is 30.5 Å². The molecule has 1 unspecified atom stereocenters. The molecule has 0 bridgehead atoms. The molecule has 1 aliphatic carbocycles. The number of carbonyl (C=O) groups excluding carboxylic acids is 1. The molecule has 1 saturated heterocycles. The molecule has 1 aromatic carbocycles. The van der Waals surface area contributed by atoms with Gasteiger partial charge in [0.2, 0.25) is 5.95 Å². The van der Waals surface area contributed by atoms with Crippen molar-refractivity contribution < 1.29 is 9.53 Å². The molecule has 2 aliphatic heterocycles. The largest absolute Gasteiger partial charge is 0.492 e. The van der Waals surface area contributed by atoms with Crippen LogP contribution in [-0.2, 0) is 6.42 Å². The first-order valence-corrected chi connectivity index (χ1v) is 9.41. The van der Waals surface area contributed by atoms with Gasteiger partial charge in [-0.05, 0) is 37.0 Å². The lowest BCUT2D eigenvalue weighted by molar-refractivity contribution is 0.0937. The highest BCUT2D eigenvalue weighted by Gasteiger charge is 2.30. The average Bonchev–Trinajstić information content (AvgIpc) is 3.22. The molecular weight excluding hydrogens is 328 g/mol. The number of amides is 1. The molecule has 0 spiro atoms. The number of rotatable bonds is 4. The van der Waals surface area contributed by atoms with Crippen LogP contribution >= 0.6 is 0 Å². The highest BCUT2D eigenvalue weighted by Crippen LogP contribution is 2.39. The van der Waals surface area contributed by atoms with Crippen LogP contribution in [0, 0.1) is 0 Å². The van der Waals surface area contributed by atoms with E-state index in [2.05, 4.69) is 15.2 Å². The number of hydrogen-bond acceptors (Lipinski definition) is 5.